The smallest absolute Gasteiger partial charge is 0.163 e. The Labute approximate surface area is 145 Å². The van der Waals surface area contributed by atoms with Crippen molar-refractivity contribution in [2.24, 2.45) is 5.92 Å². The van der Waals surface area contributed by atoms with Crippen LogP contribution >= 0.6 is 0 Å². The Morgan fingerprint density at radius 3 is 2.79 bits per heavy atom. The average molecular weight is 324 g/mol. The van der Waals surface area contributed by atoms with Crippen LogP contribution in [0.5, 0.6) is 0 Å². The molecule has 1 aromatic heterocycles. The maximum atomic E-state index is 4.86. The number of rotatable bonds is 6. The summed E-state index contributed by atoms with van der Waals surface area (Å²) >= 11 is 0. The number of hydrogen-bond acceptors (Lipinski definition) is 4. The Morgan fingerprint density at radius 2 is 2.04 bits per heavy atom. The van der Waals surface area contributed by atoms with Crippen LogP contribution in [0, 0.1) is 5.92 Å². The molecule has 1 N–H and O–H groups in total. The molecular weight excluding hydrogens is 296 g/mol. The van der Waals surface area contributed by atoms with Gasteiger partial charge in [0.2, 0.25) is 0 Å². The van der Waals surface area contributed by atoms with E-state index in [9.17, 15) is 0 Å². The molecule has 128 valence electrons. The van der Waals surface area contributed by atoms with Crippen molar-refractivity contribution in [1.82, 2.24) is 9.97 Å². The van der Waals surface area contributed by atoms with E-state index < -0.39 is 0 Å². The van der Waals surface area contributed by atoms with Crippen molar-refractivity contribution in [3.8, 4) is 11.4 Å². The van der Waals surface area contributed by atoms with Crippen LogP contribution in [0.3, 0.4) is 0 Å². The second-order valence-electron chi connectivity index (χ2n) is 6.77. The van der Waals surface area contributed by atoms with Gasteiger partial charge in [0.1, 0.15) is 11.6 Å². The standard InChI is InChI=1S/C20H28N4/c1-3-4-12-21-18-14-19(24-13-8-9-16(2)15-24)23-20(22-18)17-10-6-5-7-11-17/h5-7,10-11,14,16H,3-4,8-9,12-13,15H2,1-2H3,(H,21,22,23). The Morgan fingerprint density at radius 1 is 1.21 bits per heavy atom. The minimum Gasteiger partial charge on any atom is -0.370 e. The van der Waals surface area contributed by atoms with Crippen molar-refractivity contribution in [3.05, 3.63) is 36.4 Å². The van der Waals surface area contributed by atoms with Gasteiger partial charge < -0.3 is 10.2 Å². The van der Waals surface area contributed by atoms with Crippen molar-refractivity contribution in [1.29, 1.82) is 0 Å². The quantitative estimate of drug-likeness (QED) is 0.789. The van der Waals surface area contributed by atoms with Crippen molar-refractivity contribution in [2.75, 3.05) is 29.9 Å². The van der Waals surface area contributed by atoms with Crippen LogP contribution in [0.4, 0.5) is 11.6 Å². The van der Waals surface area contributed by atoms with E-state index in [1.165, 1.54) is 19.3 Å². The molecule has 2 heterocycles. The molecule has 1 aliphatic rings. The van der Waals surface area contributed by atoms with E-state index in [0.29, 0.717) is 0 Å². The summed E-state index contributed by atoms with van der Waals surface area (Å²) in [5.41, 5.74) is 1.07. The predicted molar refractivity (Wildman–Crippen MR) is 101 cm³/mol. The Hall–Kier alpha value is -2.10. The second kappa shape index (κ2) is 8.13. The fourth-order valence-corrected chi connectivity index (χ4v) is 3.19. The maximum absolute atomic E-state index is 4.86. The normalized spacial score (nSPS) is 17.8. The van der Waals surface area contributed by atoms with Gasteiger partial charge in [-0.25, -0.2) is 9.97 Å². The van der Waals surface area contributed by atoms with Crippen LogP contribution in [0.15, 0.2) is 36.4 Å². The van der Waals surface area contributed by atoms with Crippen molar-refractivity contribution < 1.29 is 0 Å². The van der Waals surface area contributed by atoms with E-state index in [4.69, 9.17) is 9.97 Å². The molecule has 1 fully saturated rings. The molecule has 1 aromatic carbocycles. The number of unbranched alkanes of at least 4 members (excludes halogenated alkanes) is 1. The number of aromatic nitrogens is 2. The average Bonchev–Trinajstić information content (AvgIpc) is 2.62. The molecule has 4 nitrogen and oxygen atoms in total. The molecule has 4 heteroatoms. The second-order valence-corrected chi connectivity index (χ2v) is 6.77. The molecule has 24 heavy (non-hydrogen) atoms. The summed E-state index contributed by atoms with van der Waals surface area (Å²) in [6, 6.07) is 12.4. The van der Waals surface area contributed by atoms with Gasteiger partial charge in [-0.3, -0.25) is 0 Å². The van der Waals surface area contributed by atoms with E-state index in [1.54, 1.807) is 0 Å². The lowest BCUT2D eigenvalue weighted by Gasteiger charge is -2.32. The number of piperidine rings is 1. The number of hydrogen-bond donors (Lipinski definition) is 1. The third-order valence-electron chi connectivity index (χ3n) is 4.56. The molecule has 0 amide bonds. The van der Waals surface area contributed by atoms with Crippen LogP contribution in [0.25, 0.3) is 11.4 Å². The van der Waals surface area contributed by atoms with Crippen LogP contribution < -0.4 is 10.2 Å². The minimum atomic E-state index is 0.727. The summed E-state index contributed by atoms with van der Waals surface area (Å²) in [5, 5.41) is 3.47. The summed E-state index contributed by atoms with van der Waals surface area (Å²) in [7, 11) is 0. The van der Waals surface area contributed by atoms with Gasteiger partial charge in [0, 0.05) is 31.3 Å². The summed E-state index contributed by atoms with van der Waals surface area (Å²) < 4.78 is 0. The van der Waals surface area contributed by atoms with Gasteiger partial charge in [-0.2, -0.15) is 0 Å². The minimum absolute atomic E-state index is 0.727. The van der Waals surface area contributed by atoms with Crippen molar-refractivity contribution in [3.63, 3.8) is 0 Å². The highest BCUT2D eigenvalue weighted by atomic mass is 15.2. The van der Waals surface area contributed by atoms with Gasteiger partial charge in [0.05, 0.1) is 0 Å². The lowest BCUT2D eigenvalue weighted by Crippen LogP contribution is -2.35. The molecule has 0 bridgehead atoms. The number of nitrogens with zero attached hydrogens (tertiary/aromatic N) is 3. The Balaban J connectivity index is 1.90. The highest BCUT2D eigenvalue weighted by Gasteiger charge is 2.19. The summed E-state index contributed by atoms with van der Waals surface area (Å²) in [6.45, 7) is 7.66. The zero-order chi connectivity index (χ0) is 16.8. The largest absolute Gasteiger partial charge is 0.370 e. The molecular formula is C20H28N4. The van der Waals surface area contributed by atoms with Gasteiger partial charge in [0.15, 0.2) is 5.82 Å². The lowest BCUT2D eigenvalue weighted by atomic mass is 10.0. The fraction of sp³-hybridized carbons (Fsp3) is 0.500. The van der Waals surface area contributed by atoms with E-state index in [-0.39, 0.29) is 0 Å². The van der Waals surface area contributed by atoms with Gasteiger partial charge in [-0.15, -0.1) is 0 Å². The number of benzene rings is 1. The maximum Gasteiger partial charge on any atom is 0.163 e. The first-order valence-corrected chi connectivity index (χ1v) is 9.19. The Kier molecular flexibility index (Phi) is 5.68. The Bertz CT molecular complexity index is 641. The highest BCUT2D eigenvalue weighted by Crippen LogP contribution is 2.26. The lowest BCUT2D eigenvalue weighted by molar-refractivity contribution is 0.444. The molecule has 3 rings (SSSR count). The van der Waals surface area contributed by atoms with Crippen molar-refractivity contribution in [2.45, 2.75) is 39.5 Å². The van der Waals surface area contributed by atoms with E-state index >= 15 is 0 Å². The molecule has 1 aliphatic heterocycles. The van der Waals surface area contributed by atoms with Gasteiger partial charge >= 0.3 is 0 Å². The van der Waals surface area contributed by atoms with Crippen LogP contribution in [-0.2, 0) is 0 Å². The van der Waals surface area contributed by atoms with Gasteiger partial charge in [-0.1, -0.05) is 50.6 Å². The van der Waals surface area contributed by atoms with Crippen LogP contribution in [0.1, 0.15) is 39.5 Å². The predicted octanol–water partition coefficient (Wildman–Crippen LogP) is 4.59. The zero-order valence-corrected chi connectivity index (χ0v) is 14.8. The molecule has 0 radical (unpaired) electrons. The molecule has 0 saturated carbocycles. The van der Waals surface area contributed by atoms with Gasteiger partial charge in [-0.05, 0) is 25.2 Å². The topological polar surface area (TPSA) is 41.0 Å². The molecule has 2 aromatic rings. The summed E-state index contributed by atoms with van der Waals surface area (Å²) in [5.74, 6) is 3.52. The van der Waals surface area contributed by atoms with E-state index in [0.717, 1.165) is 55.0 Å². The van der Waals surface area contributed by atoms with Crippen LogP contribution in [-0.4, -0.2) is 29.6 Å². The summed E-state index contributed by atoms with van der Waals surface area (Å²) in [4.78, 5) is 12.0. The monoisotopic (exact) mass is 324 g/mol. The molecule has 0 spiro atoms. The molecule has 1 atom stereocenters. The van der Waals surface area contributed by atoms with Crippen molar-refractivity contribution >= 4 is 11.6 Å². The SMILES string of the molecule is CCCCNc1cc(N2CCCC(C)C2)nc(-c2ccccc2)n1. The molecule has 1 saturated heterocycles. The zero-order valence-electron chi connectivity index (χ0n) is 14.8. The first kappa shape index (κ1) is 16.7. The van der Waals surface area contributed by atoms with E-state index in [1.807, 2.05) is 18.2 Å². The number of nitrogens with one attached hydrogen (secondary N) is 1. The number of anilines is 2. The highest BCUT2D eigenvalue weighted by molar-refractivity contribution is 5.61. The van der Waals surface area contributed by atoms with E-state index in [2.05, 4.69) is 42.3 Å². The summed E-state index contributed by atoms with van der Waals surface area (Å²) in [6.07, 6.45) is 4.89. The van der Waals surface area contributed by atoms with Crippen LogP contribution in [0.2, 0.25) is 0 Å². The van der Waals surface area contributed by atoms with Gasteiger partial charge in [0.25, 0.3) is 0 Å². The first-order valence-electron chi connectivity index (χ1n) is 9.19. The third kappa shape index (κ3) is 4.25. The molecule has 0 aliphatic carbocycles. The third-order valence-corrected chi connectivity index (χ3v) is 4.56. The molecule has 1 unspecified atom stereocenters. The fourth-order valence-electron chi connectivity index (χ4n) is 3.19. The first-order chi connectivity index (χ1) is 11.8.